The summed E-state index contributed by atoms with van der Waals surface area (Å²) in [5.74, 6) is 0. The van der Waals surface area contributed by atoms with Crippen LogP contribution < -0.4 is 10.6 Å². The Labute approximate surface area is 98.2 Å². The van der Waals surface area contributed by atoms with Crippen molar-refractivity contribution in [2.45, 2.75) is 19.4 Å². The Kier molecular flexibility index (Phi) is 5.29. The molecule has 1 aromatic carbocycles. The number of anilines is 1. The SMILES string of the molecule is COCC(C)N(C)c1ccccc1CCN. The largest absolute Gasteiger partial charge is 0.383 e. The van der Waals surface area contributed by atoms with Gasteiger partial charge in [-0.3, -0.25) is 0 Å². The van der Waals surface area contributed by atoms with Crippen LogP contribution in [-0.2, 0) is 11.2 Å². The highest BCUT2D eigenvalue weighted by Crippen LogP contribution is 2.21. The molecule has 0 saturated heterocycles. The van der Waals surface area contributed by atoms with E-state index in [4.69, 9.17) is 10.5 Å². The van der Waals surface area contributed by atoms with Crippen LogP contribution in [0.15, 0.2) is 24.3 Å². The summed E-state index contributed by atoms with van der Waals surface area (Å²) in [5.41, 5.74) is 8.17. The summed E-state index contributed by atoms with van der Waals surface area (Å²) in [5, 5.41) is 0. The number of rotatable bonds is 6. The average molecular weight is 222 g/mol. The van der Waals surface area contributed by atoms with Crippen LogP contribution in [0.25, 0.3) is 0 Å². The van der Waals surface area contributed by atoms with E-state index in [0.717, 1.165) is 13.0 Å². The molecular weight excluding hydrogens is 200 g/mol. The standard InChI is InChI=1S/C13H22N2O/c1-11(10-16-3)15(2)13-7-5-4-6-12(13)8-9-14/h4-7,11H,8-10,14H2,1-3H3. The number of likely N-dealkylation sites (N-methyl/N-ethyl adjacent to an activating group) is 1. The van der Waals surface area contributed by atoms with Crippen molar-refractivity contribution in [3.63, 3.8) is 0 Å². The van der Waals surface area contributed by atoms with Gasteiger partial charge in [-0.05, 0) is 31.5 Å². The van der Waals surface area contributed by atoms with E-state index in [0.29, 0.717) is 12.6 Å². The first-order valence-corrected chi connectivity index (χ1v) is 5.70. The van der Waals surface area contributed by atoms with E-state index >= 15 is 0 Å². The Morgan fingerprint density at radius 3 is 2.69 bits per heavy atom. The number of nitrogens with two attached hydrogens (primary N) is 1. The molecule has 3 heteroatoms. The molecule has 3 nitrogen and oxygen atoms in total. The molecule has 1 atom stereocenters. The molecule has 2 N–H and O–H groups in total. The maximum atomic E-state index is 5.62. The van der Waals surface area contributed by atoms with Gasteiger partial charge in [0.15, 0.2) is 0 Å². The monoisotopic (exact) mass is 222 g/mol. The van der Waals surface area contributed by atoms with E-state index in [9.17, 15) is 0 Å². The fourth-order valence-corrected chi connectivity index (χ4v) is 1.81. The molecule has 0 heterocycles. The Hall–Kier alpha value is -1.06. The van der Waals surface area contributed by atoms with E-state index < -0.39 is 0 Å². The molecule has 0 spiro atoms. The third-order valence-electron chi connectivity index (χ3n) is 2.85. The summed E-state index contributed by atoms with van der Waals surface area (Å²) in [7, 11) is 3.83. The molecule has 0 aliphatic heterocycles. The number of methoxy groups -OCH3 is 1. The van der Waals surface area contributed by atoms with E-state index in [-0.39, 0.29) is 0 Å². The topological polar surface area (TPSA) is 38.5 Å². The van der Waals surface area contributed by atoms with Crippen LogP contribution in [0.4, 0.5) is 5.69 Å². The van der Waals surface area contributed by atoms with Crippen molar-refractivity contribution >= 4 is 5.69 Å². The van der Waals surface area contributed by atoms with Gasteiger partial charge in [-0.1, -0.05) is 18.2 Å². The zero-order valence-electron chi connectivity index (χ0n) is 10.4. The molecule has 0 fully saturated rings. The van der Waals surface area contributed by atoms with Crippen molar-refractivity contribution in [2.75, 3.05) is 32.2 Å². The zero-order valence-corrected chi connectivity index (χ0v) is 10.4. The van der Waals surface area contributed by atoms with Gasteiger partial charge >= 0.3 is 0 Å². The highest BCUT2D eigenvalue weighted by molar-refractivity contribution is 5.53. The molecule has 16 heavy (non-hydrogen) atoms. The van der Waals surface area contributed by atoms with Crippen molar-refractivity contribution < 1.29 is 4.74 Å². The first-order chi connectivity index (χ1) is 7.70. The molecule has 0 aromatic heterocycles. The minimum Gasteiger partial charge on any atom is -0.383 e. The first-order valence-electron chi connectivity index (χ1n) is 5.70. The van der Waals surface area contributed by atoms with Crippen LogP contribution >= 0.6 is 0 Å². The number of nitrogens with zero attached hydrogens (tertiary/aromatic N) is 1. The van der Waals surface area contributed by atoms with Crippen LogP contribution in [0.1, 0.15) is 12.5 Å². The van der Waals surface area contributed by atoms with E-state index in [2.05, 4.69) is 43.1 Å². The van der Waals surface area contributed by atoms with E-state index in [1.165, 1.54) is 11.3 Å². The lowest BCUT2D eigenvalue weighted by molar-refractivity contribution is 0.183. The number of para-hydroxylation sites is 1. The van der Waals surface area contributed by atoms with Gasteiger partial charge in [-0.25, -0.2) is 0 Å². The van der Waals surface area contributed by atoms with Crippen LogP contribution in [0, 0.1) is 0 Å². The summed E-state index contributed by atoms with van der Waals surface area (Å²) in [6, 6.07) is 8.76. The predicted octanol–water partition coefficient (Wildman–Crippen LogP) is 1.66. The van der Waals surface area contributed by atoms with Gasteiger partial charge in [-0.2, -0.15) is 0 Å². The lowest BCUT2D eigenvalue weighted by Crippen LogP contribution is -2.33. The highest BCUT2D eigenvalue weighted by Gasteiger charge is 2.12. The molecule has 0 aliphatic rings. The lowest BCUT2D eigenvalue weighted by atomic mass is 10.1. The average Bonchev–Trinajstić information content (AvgIpc) is 2.29. The molecule has 0 amide bonds. The third-order valence-corrected chi connectivity index (χ3v) is 2.85. The Bertz CT molecular complexity index is 315. The van der Waals surface area contributed by atoms with E-state index in [1.54, 1.807) is 7.11 Å². The van der Waals surface area contributed by atoms with Gasteiger partial charge < -0.3 is 15.4 Å². The Balaban J connectivity index is 2.84. The van der Waals surface area contributed by atoms with Gasteiger partial charge in [0, 0.05) is 25.9 Å². The van der Waals surface area contributed by atoms with Crippen LogP contribution in [0.5, 0.6) is 0 Å². The molecule has 1 rings (SSSR count). The van der Waals surface area contributed by atoms with Gasteiger partial charge in [0.1, 0.15) is 0 Å². The Morgan fingerprint density at radius 2 is 2.06 bits per heavy atom. The van der Waals surface area contributed by atoms with Crippen molar-refractivity contribution in [2.24, 2.45) is 5.73 Å². The highest BCUT2D eigenvalue weighted by atomic mass is 16.5. The second-order valence-electron chi connectivity index (χ2n) is 4.08. The molecule has 0 saturated carbocycles. The first kappa shape index (κ1) is 13.0. The number of ether oxygens (including phenoxy) is 1. The summed E-state index contributed by atoms with van der Waals surface area (Å²) in [6.45, 7) is 3.57. The molecule has 0 bridgehead atoms. The zero-order chi connectivity index (χ0) is 12.0. The van der Waals surface area contributed by atoms with Crippen LogP contribution in [0.2, 0.25) is 0 Å². The van der Waals surface area contributed by atoms with Crippen molar-refractivity contribution in [1.82, 2.24) is 0 Å². The summed E-state index contributed by atoms with van der Waals surface area (Å²) in [6.07, 6.45) is 0.917. The minimum absolute atomic E-state index is 0.365. The number of hydrogen-bond donors (Lipinski definition) is 1. The fraction of sp³-hybridized carbons (Fsp3) is 0.538. The summed E-state index contributed by atoms with van der Waals surface area (Å²) in [4.78, 5) is 2.24. The smallest absolute Gasteiger partial charge is 0.0663 e. The van der Waals surface area contributed by atoms with Crippen molar-refractivity contribution in [3.05, 3.63) is 29.8 Å². The van der Waals surface area contributed by atoms with Crippen LogP contribution in [0.3, 0.4) is 0 Å². The Morgan fingerprint density at radius 1 is 1.38 bits per heavy atom. The summed E-state index contributed by atoms with van der Waals surface area (Å²) < 4.78 is 5.18. The third kappa shape index (κ3) is 3.22. The van der Waals surface area contributed by atoms with Crippen LogP contribution in [-0.4, -0.2) is 33.4 Å². The molecule has 90 valence electrons. The second-order valence-corrected chi connectivity index (χ2v) is 4.08. The number of hydrogen-bond acceptors (Lipinski definition) is 3. The minimum atomic E-state index is 0.365. The van der Waals surface area contributed by atoms with Crippen molar-refractivity contribution in [1.29, 1.82) is 0 Å². The quantitative estimate of drug-likeness (QED) is 0.795. The maximum absolute atomic E-state index is 5.62. The number of benzene rings is 1. The van der Waals surface area contributed by atoms with Crippen molar-refractivity contribution in [3.8, 4) is 0 Å². The predicted molar refractivity (Wildman–Crippen MR) is 68.9 cm³/mol. The molecular formula is C13H22N2O. The van der Waals surface area contributed by atoms with Gasteiger partial charge in [0.25, 0.3) is 0 Å². The molecule has 1 unspecified atom stereocenters. The normalized spacial score (nSPS) is 12.5. The lowest BCUT2D eigenvalue weighted by Gasteiger charge is -2.28. The van der Waals surface area contributed by atoms with Gasteiger partial charge in [-0.15, -0.1) is 0 Å². The second kappa shape index (κ2) is 6.51. The molecule has 0 radical (unpaired) electrons. The summed E-state index contributed by atoms with van der Waals surface area (Å²) >= 11 is 0. The van der Waals surface area contributed by atoms with Gasteiger partial charge in [0.2, 0.25) is 0 Å². The molecule has 0 aliphatic carbocycles. The fourth-order valence-electron chi connectivity index (χ4n) is 1.81. The molecule has 1 aromatic rings. The van der Waals surface area contributed by atoms with E-state index in [1.807, 2.05) is 0 Å². The maximum Gasteiger partial charge on any atom is 0.0663 e. The van der Waals surface area contributed by atoms with Gasteiger partial charge in [0.05, 0.1) is 6.61 Å².